The summed E-state index contributed by atoms with van der Waals surface area (Å²) in [5, 5.41) is 98.1. The number of hydrogen-bond acceptors (Lipinski definition) is 18. The van der Waals surface area contributed by atoms with Gasteiger partial charge in [0, 0.05) is 45.0 Å². The highest BCUT2D eigenvalue weighted by atomic mass is 32.2. The van der Waals surface area contributed by atoms with Crippen LogP contribution in [0.15, 0.2) is 0 Å². The van der Waals surface area contributed by atoms with Crippen molar-refractivity contribution in [3.63, 3.8) is 0 Å². The van der Waals surface area contributed by atoms with Crippen LogP contribution in [-0.2, 0) is 42.8 Å². The van der Waals surface area contributed by atoms with Gasteiger partial charge in [0.1, 0.15) is 73.8 Å². The fraction of sp³-hybridized carbons (Fsp3) is 0.865. The van der Waals surface area contributed by atoms with Crippen LogP contribution < -0.4 is 5.32 Å². The minimum absolute atomic E-state index is 0.0122. The number of nitrogens with zero attached hydrogens (tertiary/aromatic N) is 1. The summed E-state index contributed by atoms with van der Waals surface area (Å²) in [4.78, 5) is 38.1. The maximum Gasteiger partial charge on any atom is 0.329 e. The van der Waals surface area contributed by atoms with Crippen molar-refractivity contribution in [3.05, 3.63) is 0 Å². The molecule has 3 fully saturated rings. The van der Waals surface area contributed by atoms with E-state index in [1.165, 1.54) is 76.5 Å². The van der Waals surface area contributed by atoms with E-state index in [0.29, 0.717) is 30.9 Å². The van der Waals surface area contributed by atoms with Crippen molar-refractivity contribution < 1.29 is 88.8 Å². The third kappa shape index (κ3) is 23.2. The standard InChI is InChI=1S/C52H88N2O18S/c1-4-5-6-7-8-9-10-11-12-13-14-15-16-17-18-19-20-21-22-23-24-25-27-39(58)53-28-31-73-30-26-29-54(36(3)57)50-45(65)49(72-51-44(64)43(63)41(61)35(2)68-51)47(38(33-56)69-50)71-52-46(66)48(67-34-40(59)60)42(62)37(32-55)70-52/h35,37-38,41-52,55-56,61-66H,4-14,19-34H2,1-3H3,(H,53,58)(H,59,60)/t35-,37-,38-,41+,42-,43-,44-,45-,46-,47+,48-,49+,50+,51-,52-/m0/s1. The monoisotopic (exact) mass is 1060 g/mol. The number of carbonyl (C=O) groups is 3. The molecule has 0 aromatic carbocycles. The molecule has 3 rings (SSSR count). The van der Waals surface area contributed by atoms with Gasteiger partial charge in [-0.15, -0.1) is 0 Å². The van der Waals surface area contributed by atoms with Gasteiger partial charge in [-0.05, 0) is 50.2 Å². The van der Waals surface area contributed by atoms with Gasteiger partial charge in [0.15, 0.2) is 18.8 Å². The molecule has 0 aliphatic carbocycles. The van der Waals surface area contributed by atoms with Crippen LogP contribution in [-0.4, -0.2) is 205 Å². The van der Waals surface area contributed by atoms with Crippen LogP contribution in [0.25, 0.3) is 0 Å². The number of carboxylic acid groups (broad SMARTS) is 1. The molecule has 0 spiro atoms. The third-order valence-electron chi connectivity index (χ3n) is 13.2. The molecule has 10 N–H and O–H groups in total. The molecule has 0 saturated carbocycles. The molecule has 0 radical (unpaired) electrons. The third-order valence-corrected chi connectivity index (χ3v) is 14.3. The Balaban J connectivity index is 1.41. The smallest absolute Gasteiger partial charge is 0.329 e. The number of rotatable bonds is 35. The Hall–Kier alpha value is -2.68. The molecule has 420 valence electrons. The number of nitrogens with one attached hydrogen (secondary N) is 1. The lowest BCUT2D eigenvalue weighted by Gasteiger charge is -2.51. The fourth-order valence-electron chi connectivity index (χ4n) is 8.97. The molecule has 73 heavy (non-hydrogen) atoms. The summed E-state index contributed by atoms with van der Waals surface area (Å²) in [5.74, 6) is 11.5. The summed E-state index contributed by atoms with van der Waals surface area (Å²) in [7, 11) is 0. The van der Waals surface area contributed by atoms with Crippen LogP contribution in [0.1, 0.15) is 149 Å². The summed E-state index contributed by atoms with van der Waals surface area (Å²) in [6, 6.07) is 0. The molecule has 0 aromatic rings. The van der Waals surface area contributed by atoms with Crippen molar-refractivity contribution in [3.8, 4) is 23.7 Å². The van der Waals surface area contributed by atoms with Crippen molar-refractivity contribution in [2.45, 2.75) is 241 Å². The molecule has 3 heterocycles. The largest absolute Gasteiger partial charge is 0.480 e. The van der Waals surface area contributed by atoms with E-state index in [0.717, 1.165) is 57.8 Å². The van der Waals surface area contributed by atoms with Crippen molar-refractivity contribution >= 4 is 29.5 Å². The van der Waals surface area contributed by atoms with E-state index in [2.05, 4.69) is 35.9 Å². The van der Waals surface area contributed by atoms with Crippen LogP contribution in [0.5, 0.6) is 0 Å². The number of aliphatic carboxylic acids is 1. The van der Waals surface area contributed by atoms with E-state index in [-0.39, 0.29) is 12.5 Å². The molecule has 3 aliphatic heterocycles. The average molecular weight is 1060 g/mol. The molecule has 3 saturated heterocycles. The minimum Gasteiger partial charge on any atom is -0.480 e. The number of aliphatic hydroxyl groups is 8. The van der Waals surface area contributed by atoms with Gasteiger partial charge < -0.3 is 84.6 Å². The average Bonchev–Trinajstić information content (AvgIpc) is 3.36. The van der Waals surface area contributed by atoms with Gasteiger partial charge in [-0.1, -0.05) is 102 Å². The highest BCUT2D eigenvalue weighted by molar-refractivity contribution is 7.99. The van der Waals surface area contributed by atoms with E-state index in [1.807, 2.05) is 0 Å². The number of carboxylic acids is 1. The molecular weight excluding hydrogens is 973 g/mol. The predicted molar refractivity (Wildman–Crippen MR) is 270 cm³/mol. The van der Waals surface area contributed by atoms with Crippen molar-refractivity contribution in [1.29, 1.82) is 0 Å². The van der Waals surface area contributed by atoms with Crippen molar-refractivity contribution in [2.24, 2.45) is 0 Å². The zero-order valence-electron chi connectivity index (χ0n) is 43.3. The van der Waals surface area contributed by atoms with Gasteiger partial charge in [0.05, 0.1) is 19.3 Å². The van der Waals surface area contributed by atoms with E-state index in [4.69, 9.17) is 33.5 Å². The Morgan fingerprint density at radius 3 is 1.75 bits per heavy atom. The van der Waals surface area contributed by atoms with Gasteiger partial charge in [-0.3, -0.25) is 9.59 Å². The summed E-state index contributed by atoms with van der Waals surface area (Å²) >= 11 is 1.54. The molecule has 0 aromatic heterocycles. The number of carbonyl (C=O) groups excluding carboxylic acids is 2. The molecule has 21 heteroatoms. The van der Waals surface area contributed by atoms with Gasteiger partial charge >= 0.3 is 5.97 Å². The predicted octanol–water partition coefficient (Wildman–Crippen LogP) is 2.10. The van der Waals surface area contributed by atoms with Gasteiger partial charge in [0.2, 0.25) is 11.8 Å². The summed E-state index contributed by atoms with van der Waals surface area (Å²) in [6.07, 6.45) is -2.74. The van der Waals surface area contributed by atoms with Crippen LogP contribution in [0.3, 0.4) is 0 Å². The summed E-state index contributed by atoms with van der Waals surface area (Å²) < 4.78 is 34.6. The van der Waals surface area contributed by atoms with Gasteiger partial charge in [0.25, 0.3) is 0 Å². The summed E-state index contributed by atoms with van der Waals surface area (Å²) in [6.45, 7) is 2.79. The van der Waals surface area contributed by atoms with Crippen molar-refractivity contribution in [1.82, 2.24) is 10.2 Å². The zero-order chi connectivity index (χ0) is 53.5. The Labute approximate surface area is 436 Å². The van der Waals surface area contributed by atoms with Crippen molar-refractivity contribution in [2.75, 3.05) is 44.4 Å². The first-order valence-electron chi connectivity index (χ1n) is 26.6. The fourth-order valence-corrected chi connectivity index (χ4v) is 9.76. The van der Waals surface area contributed by atoms with E-state index < -0.39 is 124 Å². The van der Waals surface area contributed by atoms with E-state index in [9.17, 15) is 55.2 Å². The SMILES string of the molecule is CCCCCCCCCCCCC#CC#CCCCCCCCCC(=O)NCCSCCCN(C(C)=O)[C@@H]1O[C@@H](CO)[C@@H](O[C@@H]2O[C@@H](CO)[C@H](O)[C@H](OCC(=O)O)[C@@H]2O)[C@H](O[C@@H]2O[C@@H](C)[C@@H](O)[C@H](O)[C@@H]2O)[C@@H]1O. The number of ether oxygens (including phenoxy) is 6. The molecule has 2 amide bonds. The Bertz CT molecular complexity index is 1680. The number of unbranched alkanes of at least 4 members (excludes halogenated alkanes) is 16. The molecule has 3 aliphatic rings. The zero-order valence-corrected chi connectivity index (χ0v) is 44.1. The Kier molecular flexibility index (Phi) is 32.9. The minimum atomic E-state index is -1.92. The second-order valence-corrected chi connectivity index (χ2v) is 20.4. The second kappa shape index (κ2) is 37.2. The molecule has 20 nitrogen and oxygen atoms in total. The lowest BCUT2D eigenvalue weighted by atomic mass is 9.95. The lowest BCUT2D eigenvalue weighted by Crippen LogP contribution is -2.69. The van der Waals surface area contributed by atoms with Gasteiger partial charge in [-0.2, -0.15) is 11.8 Å². The highest BCUT2D eigenvalue weighted by Crippen LogP contribution is 2.35. The van der Waals surface area contributed by atoms with E-state index in [1.54, 1.807) is 11.8 Å². The molecule has 0 bridgehead atoms. The topological polar surface area (TPSA) is 304 Å². The normalized spacial score (nSPS) is 30.2. The summed E-state index contributed by atoms with van der Waals surface area (Å²) in [5.41, 5.74) is 0. The first kappa shape index (κ1) is 64.6. The maximum absolute atomic E-state index is 13.1. The first-order valence-corrected chi connectivity index (χ1v) is 27.8. The molecular formula is C52H88N2O18S. The van der Waals surface area contributed by atoms with E-state index >= 15 is 0 Å². The van der Waals surface area contributed by atoms with Crippen LogP contribution >= 0.6 is 11.8 Å². The maximum atomic E-state index is 13.1. The van der Waals surface area contributed by atoms with Crippen LogP contribution in [0, 0.1) is 23.7 Å². The molecule has 15 atom stereocenters. The highest BCUT2D eigenvalue weighted by Gasteiger charge is 2.55. The van der Waals surface area contributed by atoms with Crippen LogP contribution in [0.4, 0.5) is 0 Å². The molecule has 0 unspecified atom stereocenters. The number of amides is 2. The van der Waals surface area contributed by atoms with Gasteiger partial charge in [-0.25, -0.2) is 4.79 Å². The second-order valence-electron chi connectivity index (χ2n) is 19.2. The Morgan fingerprint density at radius 1 is 0.616 bits per heavy atom. The number of aliphatic hydroxyl groups excluding tert-OH is 8. The quantitative estimate of drug-likeness (QED) is 0.0321. The number of thioether (sulfide) groups is 1. The Morgan fingerprint density at radius 2 is 1.18 bits per heavy atom. The first-order chi connectivity index (χ1) is 35.2. The number of hydrogen-bond donors (Lipinski definition) is 10. The van der Waals surface area contributed by atoms with Crippen LogP contribution in [0.2, 0.25) is 0 Å². The lowest BCUT2D eigenvalue weighted by molar-refractivity contribution is -0.376.